The third kappa shape index (κ3) is 4.28. The highest BCUT2D eigenvalue weighted by Gasteiger charge is 2.23. The summed E-state index contributed by atoms with van der Waals surface area (Å²) in [7, 11) is 0. The molecule has 1 aromatic rings. The summed E-state index contributed by atoms with van der Waals surface area (Å²) in [6.45, 7) is 7.51. The molecular formula is C13H23N3OS. The molecule has 1 unspecified atom stereocenters. The van der Waals surface area contributed by atoms with Crippen LogP contribution in [-0.4, -0.2) is 28.0 Å². The molecule has 1 fully saturated rings. The van der Waals surface area contributed by atoms with Gasteiger partial charge in [-0.25, -0.2) is 0 Å². The summed E-state index contributed by atoms with van der Waals surface area (Å²) in [5, 5.41) is 12.2. The van der Waals surface area contributed by atoms with Crippen molar-refractivity contribution in [1.82, 2.24) is 15.5 Å². The minimum atomic E-state index is 0.181. The number of aromatic nitrogens is 2. The van der Waals surface area contributed by atoms with Crippen molar-refractivity contribution in [1.29, 1.82) is 0 Å². The van der Waals surface area contributed by atoms with E-state index in [9.17, 15) is 0 Å². The van der Waals surface area contributed by atoms with Gasteiger partial charge in [-0.2, -0.15) is 0 Å². The van der Waals surface area contributed by atoms with E-state index >= 15 is 0 Å². The van der Waals surface area contributed by atoms with Gasteiger partial charge >= 0.3 is 0 Å². The van der Waals surface area contributed by atoms with Gasteiger partial charge in [0.1, 0.15) is 0 Å². The average Bonchev–Trinajstić information content (AvgIpc) is 2.93. The molecule has 1 N–H and O–H groups in total. The topological polar surface area (TPSA) is 51.0 Å². The molecule has 0 bridgehead atoms. The SMILES string of the molecule is CC(C)(C)NCCCc1nnc(C2CCCS2)o1. The van der Waals surface area contributed by atoms with Gasteiger partial charge in [0.15, 0.2) is 0 Å². The van der Waals surface area contributed by atoms with Crippen molar-refractivity contribution < 1.29 is 4.42 Å². The molecule has 4 nitrogen and oxygen atoms in total. The third-order valence-corrected chi connectivity index (χ3v) is 4.27. The smallest absolute Gasteiger partial charge is 0.229 e. The van der Waals surface area contributed by atoms with Crippen molar-refractivity contribution in [3.8, 4) is 0 Å². The van der Waals surface area contributed by atoms with Crippen molar-refractivity contribution in [2.24, 2.45) is 0 Å². The molecule has 1 aromatic heterocycles. The average molecular weight is 269 g/mol. The fraction of sp³-hybridized carbons (Fsp3) is 0.846. The molecule has 1 aliphatic rings. The van der Waals surface area contributed by atoms with Crippen LogP contribution in [0.4, 0.5) is 0 Å². The molecule has 18 heavy (non-hydrogen) atoms. The predicted molar refractivity (Wildman–Crippen MR) is 74.8 cm³/mol. The van der Waals surface area contributed by atoms with E-state index in [1.54, 1.807) is 0 Å². The molecule has 102 valence electrons. The van der Waals surface area contributed by atoms with Crippen LogP contribution in [0.3, 0.4) is 0 Å². The van der Waals surface area contributed by atoms with Crippen LogP contribution in [0.5, 0.6) is 0 Å². The number of hydrogen-bond donors (Lipinski definition) is 1. The molecule has 0 aliphatic carbocycles. The Kier molecular flexibility index (Phi) is 4.67. The van der Waals surface area contributed by atoms with Crippen LogP contribution >= 0.6 is 11.8 Å². The fourth-order valence-electron chi connectivity index (χ4n) is 1.97. The van der Waals surface area contributed by atoms with E-state index in [1.807, 2.05) is 11.8 Å². The van der Waals surface area contributed by atoms with Crippen LogP contribution in [0, 0.1) is 0 Å². The lowest BCUT2D eigenvalue weighted by Gasteiger charge is -2.19. The zero-order valence-electron chi connectivity index (χ0n) is 11.5. The van der Waals surface area contributed by atoms with Gasteiger partial charge in [-0.15, -0.1) is 22.0 Å². The van der Waals surface area contributed by atoms with Crippen molar-refractivity contribution in [3.05, 3.63) is 11.8 Å². The first kappa shape index (κ1) is 13.9. The molecule has 0 radical (unpaired) electrons. The Hall–Kier alpha value is -0.550. The second-order valence-electron chi connectivity index (χ2n) is 5.82. The second-order valence-corrected chi connectivity index (χ2v) is 7.13. The predicted octanol–water partition coefficient (Wildman–Crippen LogP) is 2.96. The van der Waals surface area contributed by atoms with E-state index in [0.717, 1.165) is 31.2 Å². The molecule has 1 saturated heterocycles. The summed E-state index contributed by atoms with van der Waals surface area (Å²) in [6, 6.07) is 0. The first-order valence-electron chi connectivity index (χ1n) is 6.73. The lowest BCUT2D eigenvalue weighted by atomic mass is 10.1. The minimum absolute atomic E-state index is 0.181. The Balaban J connectivity index is 1.73. The van der Waals surface area contributed by atoms with Crippen LogP contribution in [0.25, 0.3) is 0 Å². The van der Waals surface area contributed by atoms with E-state index in [4.69, 9.17) is 4.42 Å². The summed E-state index contributed by atoms with van der Waals surface area (Å²) < 4.78 is 5.73. The highest BCUT2D eigenvalue weighted by atomic mass is 32.2. The Morgan fingerprint density at radius 2 is 2.22 bits per heavy atom. The minimum Gasteiger partial charge on any atom is -0.424 e. The van der Waals surface area contributed by atoms with Gasteiger partial charge in [-0.05, 0) is 52.3 Å². The highest BCUT2D eigenvalue weighted by Crippen LogP contribution is 2.38. The van der Waals surface area contributed by atoms with Crippen LogP contribution in [0.15, 0.2) is 4.42 Å². The fourth-order valence-corrected chi connectivity index (χ4v) is 3.16. The van der Waals surface area contributed by atoms with E-state index in [1.165, 1.54) is 18.6 Å². The van der Waals surface area contributed by atoms with Gasteiger partial charge in [0, 0.05) is 12.0 Å². The maximum Gasteiger partial charge on any atom is 0.229 e. The van der Waals surface area contributed by atoms with E-state index in [0.29, 0.717) is 5.25 Å². The van der Waals surface area contributed by atoms with Gasteiger partial charge in [-0.1, -0.05) is 0 Å². The number of aryl methyl sites for hydroxylation is 1. The van der Waals surface area contributed by atoms with Gasteiger partial charge in [0.05, 0.1) is 5.25 Å². The van der Waals surface area contributed by atoms with E-state index in [2.05, 4.69) is 36.3 Å². The molecule has 2 heterocycles. The van der Waals surface area contributed by atoms with Gasteiger partial charge < -0.3 is 9.73 Å². The molecule has 2 rings (SSSR count). The molecular weight excluding hydrogens is 246 g/mol. The van der Waals surface area contributed by atoms with Crippen LogP contribution in [0.2, 0.25) is 0 Å². The molecule has 0 saturated carbocycles. The van der Waals surface area contributed by atoms with E-state index < -0.39 is 0 Å². The zero-order valence-corrected chi connectivity index (χ0v) is 12.3. The molecule has 1 aliphatic heterocycles. The molecule has 5 heteroatoms. The summed E-state index contributed by atoms with van der Waals surface area (Å²) in [5.74, 6) is 2.84. The maximum absolute atomic E-state index is 5.73. The molecule has 0 aromatic carbocycles. The maximum atomic E-state index is 5.73. The Morgan fingerprint density at radius 1 is 1.39 bits per heavy atom. The number of thioether (sulfide) groups is 1. The van der Waals surface area contributed by atoms with Crippen LogP contribution < -0.4 is 5.32 Å². The number of rotatable bonds is 5. The first-order chi connectivity index (χ1) is 8.54. The quantitative estimate of drug-likeness (QED) is 0.833. The van der Waals surface area contributed by atoms with Gasteiger partial charge in [-0.3, -0.25) is 0 Å². The van der Waals surface area contributed by atoms with Gasteiger partial charge in [0.2, 0.25) is 11.8 Å². The number of nitrogens with zero attached hydrogens (tertiary/aromatic N) is 2. The Bertz CT molecular complexity index is 367. The monoisotopic (exact) mass is 269 g/mol. The Morgan fingerprint density at radius 3 is 2.89 bits per heavy atom. The first-order valence-corrected chi connectivity index (χ1v) is 7.78. The molecule has 1 atom stereocenters. The van der Waals surface area contributed by atoms with Crippen molar-refractivity contribution in [2.45, 2.75) is 57.2 Å². The summed E-state index contributed by atoms with van der Waals surface area (Å²) in [4.78, 5) is 0. The molecule has 0 spiro atoms. The third-order valence-electron chi connectivity index (χ3n) is 2.91. The van der Waals surface area contributed by atoms with Crippen molar-refractivity contribution in [3.63, 3.8) is 0 Å². The standard InChI is InChI=1S/C13H23N3OS/c1-13(2,3)14-8-4-7-11-15-16-12(17-11)10-6-5-9-18-10/h10,14H,4-9H2,1-3H3. The zero-order chi connectivity index (χ0) is 13.0. The van der Waals surface area contributed by atoms with Crippen LogP contribution in [0.1, 0.15) is 57.1 Å². The Labute approximate surface area is 113 Å². The number of nitrogens with one attached hydrogen (secondary N) is 1. The summed E-state index contributed by atoms with van der Waals surface area (Å²) >= 11 is 1.93. The molecule has 0 amide bonds. The van der Waals surface area contributed by atoms with Crippen molar-refractivity contribution >= 4 is 11.8 Å². The summed E-state index contributed by atoms with van der Waals surface area (Å²) in [5.41, 5.74) is 0.181. The lowest BCUT2D eigenvalue weighted by molar-refractivity contribution is 0.404. The van der Waals surface area contributed by atoms with Crippen molar-refractivity contribution in [2.75, 3.05) is 12.3 Å². The largest absolute Gasteiger partial charge is 0.424 e. The van der Waals surface area contributed by atoms with Gasteiger partial charge in [0.25, 0.3) is 0 Å². The van der Waals surface area contributed by atoms with E-state index in [-0.39, 0.29) is 5.54 Å². The van der Waals surface area contributed by atoms with Crippen LogP contribution in [-0.2, 0) is 6.42 Å². The highest BCUT2D eigenvalue weighted by molar-refractivity contribution is 7.99. The lowest BCUT2D eigenvalue weighted by Crippen LogP contribution is -2.36. The second kappa shape index (κ2) is 6.06. The summed E-state index contributed by atoms with van der Waals surface area (Å²) in [6.07, 6.45) is 4.35. The number of hydrogen-bond acceptors (Lipinski definition) is 5. The normalized spacial score (nSPS) is 20.5.